The molecule has 1 N–H and O–H groups in total. The molecule has 0 aliphatic heterocycles. The molecule has 0 unspecified atom stereocenters. The molecule has 0 amide bonds. The number of nitrogens with zero attached hydrogens (tertiary/aromatic N) is 1. The molecule has 1 aromatic carbocycles. The number of aromatic nitrogens is 1. The highest BCUT2D eigenvalue weighted by molar-refractivity contribution is 7.98. The number of hydrogen-bond acceptors (Lipinski definition) is 3. The second-order valence-electron chi connectivity index (χ2n) is 5.88. The molecule has 21 heavy (non-hydrogen) atoms. The first kappa shape index (κ1) is 14.7. The summed E-state index contributed by atoms with van der Waals surface area (Å²) in [6.45, 7) is 3.05. The fraction of sp³-hybridized carbons (Fsp3) is 0.500. The van der Waals surface area contributed by atoms with Gasteiger partial charge in [0.05, 0.1) is 5.52 Å². The van der Waals surface area contributed by atoms with E-state index in [1.54, 1.807) is 0 Å². The number of hydrogen-bond donors (Lipinski definition) is 1. The zero-order chi connectivity index (χ0) is 14.5. The lowest BCUT2D eigenvalue weighted by Gasteiger charge is -2.13. The van der Waals surface area contributed by atoms with Crippen LogP contribution in [0.15, 0.2) is 30.3 Å². The van der Waals surface area contributed by atoms with E-state index < -0.39 is 0 Å². The summed E-state index contributed by atoms with van der Waals surface area (Å²) in [5.74, 6) is 4.39. The van der Waals surface area contributed by atoms with Gasteiger partial charge in [-0.2, -0.15) is 11.8 Å². The van der Waals surface area contributed by atoms with Crippen molar-refractivity contribution >= 4 is 28.5 Å². The van der Waals surface area contributed by atoms with Gasteiger partial charge < -0.3 is 5.32 Å². The molecule has 3 rings (SSSR count). The second kappa shape index (κ2) is 7.17. The van der Waals surface area contributed by atoms with Crippen molar-refractivity contribution in [1.29, 1.82) is 0 Å². The number of fused-ring (bicyclic) bond motifs is 1. The van der Waals surface area contributed by atoms with E-state index in [4.69, 9.17) is 4.98 Å². The molecule has 1 fully saturated rings. The van der Waals surface area contributed by atoms with Gasteiger partial charge in [0.15, 0.2) is 0 Å². The van der Waals surface area contributed by atoms with Crippen LogP contribution < -0.4 is 5.32 Å². The zero-order valence-electron chi connectivity index (χ0n) is 12.8. The number of rotatable bonds is 6. The first-order valence-corrected chi connectivity index (χ1v) is 9.22. The van der Waals surface area contributed by atoms with Crippen LogP contribution in [0.3, 0.4) is 0 Å². The lowest BCUT2D eigenvalue weighted by molar-refractivity contribution is 0.623. The Kier molecular flexibility index (Phi) is 5.02. The number of thioether (sulfide) groups is 1. The average molecular weight is 300 g/mol. The van der Waals surface area contributed by atoms with E-state index in [1.165, 1.54) is 42.4 Å². The minimum atomic E-state index is 0.922. The Hall–Kier alpha value is -1.22. The molecule has 1 heterocycles. The normalized spacial score (nSPS) is 15.7. The molecule has 0 bridgehead atoms. The topological polar surface area (TPSA) is 24.9 Å². The van der Waals surface area contributed by atoms with Crippen LogP contribution in [-0.2, 0) is 5.75 Å². The molecule has 0 saturated heterocycles. The molecular formula is C18H24N2S. The smallest absolute Gasteiger partial charge is 0.130 e. The fourth-order valence-electron chi connectivity index (χ4n) is 3.10. The van der Waals surface area contributed by atoms with Gasteiger partial charge >= 0.3 is 0 Å². The van der Waals surface area contributed by atoms with E-state index in [0.717, 1.165) is 29.6 Å². The number of nitrogens with one attached hydrogen (secondary N) is 1. The number of anilines is 1. The summed E-state index contributed by atoms with van der Waals surface area (Å²) in [5, 5.41) is 4.67. The Morgan fingerprint density at radius 2 is 2.05 bits per heavy atom. The molecule has 2 nitrogen and oxygen atoms in total. The van der Waals surface area contributed by atoms with Crippen molar-refractivity contribution in [2.75, 3.05) is 17.6 Å². The highest BCUT2D eigenvalue weighted by atomic mass is 32.2. The standard InChI is InChI=1S/C18H24N2S/c1-2-19-18-16(13-21-12-14-7-3-4-8-14)11-15-9-5-6-10-17(15)20-18/h5-6,9-11,14H,2-4,7-8,12-13H2,1H3,(H,19,20). The van der Waals surface area contributed by atoms with Crippen LogP contribution in [0.4, 0.5) is 5.82 Å². The summed E-state index contributed by atoms with van der Waals surface area (Å²) in [5.41, 5.74) is 2.43. The van der Waals surface area contributed by atoms with Crippen molar-refractivity contribution in [3.8, 4) is 0 Å². The maximum absolute atomic E-state index is 4.79. The fourth-order valence-corrected chi connectivity index (χ4v) is 4.33. The van der Waals surface area contributed by atoms with E-state index in [0.29, 0.717) is 0 Å². The van der Waals surface area contributed by atoms with Crippen LogP contribution in [-0.4, -0.2) is 17.3 Å². The van der Waals surface area contributed by atoms with Crippen LogP contribution >= 0.6 is 11.8 Å². The summed E-state index contributed by atoms with van der Waals surface area (Å²) in [7, 11) is 0. The Balaban J connectivity index is 1.73. The maximum atomic E-state index is 4.79. The van der Waals surface area contributed by atoms with Gasteiger partial charge in [0, 0.05) is 23.2 Å². The molecule has 3 heteroatoms. The quantitative estimate of drug-likeness (QED) is 0.804. The van der Waals surface area contributed by atoms with Crippen molar-refractivity contribution in [1.82, 2.24) is 4.98 Å². The summed E-state index contributed by atoms with van der Waals surface area (Å²) in [6.07, 6.45) is 5.74. The van der Waals surface area contributed by atoms with Gasteiger partial charge in [-0.1, -0.05) is 31.0 Å². The number of para-hydroxylation sites is 1. The highest BCUT2D eigenvalue weighted by Gasteiger charge is 2.15. The Morgan fingerprint density at radius 3 is 2.86 bits per heavy atom. The van der Waals surface area contributed by atoms with Crippen molar-refractivity contribution in [2.24, 2.45) is 5.92 Å². The van der Waals surface area contributed by atoms with Crippen LogP contribution in [0.1, 0.15) is 38.2 Å². The second-order valence-corrected chi connectivity index (χ2v) is 6.91. The third-order valence-electron chi connectivity index (χ3n) is 4.23. The van der Waals surface area contributed by atoms with E-state index in [-0.39, 0.29) is 0 Å². The molecule has 0 radical (unpaired) electrons. The van der Waals surface area contributed by atoms with Crippen molar-refractivity contribution < 1.29 is 0 Å². The molecule has 1 aromatic heterocycles. The number of benzene rings is 1. The van der Waals surface area contributed by atoms with Gasteiger partial charge in [0.1, 0.15) is 5.82 Å². The van der Waals surface area contributed by atoms with Gasteiger partial charge in [-0.25, -0.2) is 4.98 Å². The predicted octanol–water partition coefficient (Wildman–Crippen LogP) is 5.09. The van der Waals surface area contributed by atoms with Gasteiger partial charge in [-0.15, -0.1) is 0 Å². The van der Waals surface area contributed by atoms with Gasteiger partial charge in [-0.05, 0) is 43.6 Å². The van der Waals surface area contributed by atoms with Gasteiger partial charge in [0.25, 0.3) is 0 Å². The monoisotopic (exact) mass is 300 g/mol. The highest BCUT2D eigenvalue weighted by Crippen LogP contribution is 2.30. The average Bonchev–Trinajstić information content (AvgIpc) is 3.01. The Labute approximate surface area is 131 Å². The molecule has 1 aliphatic rings. The SMILES string of the molecule is CCNc1nc2ccccc2cc1CSCC1CCCC1. The summed E-state index contributed by atoms with van der Waals surface area (Å²) < 4.78 is 0. The summed E-state index contributed by atoms with van der Waals surface area (Å²) in [4.78, 5) is 4.79. The molecule has 2 aromatic rings. The Morgan fingerprint density at radius 1 is 1.24 bits per heavy atom. The molecule has 0 atom stereocenters. The maximum Gasteiger partial charge on any atom is 0.130 e. The third-order valence-corrected chi connectivity index (χ3v) is 5.46. The molecular weight excluding hydrogens is 276 g/mol. The van der Waals surface area contributed by atoms with E-state index in [2.05, 4.69) is 54.3 Å². The van der Waals surface area contributed by atoms with E-state index >= 15 is 0 Å². The first-order valence-electron chi connectivity index (χ1n) is 8.07. The van der Waals surface area contributed by atoms with Crippen LogP contribution in [0.2, 0.25) is 0 Å². The van der Waals surface area contributed by atoms with E-state index in [1.807, 2.05) is 0 Å². The van der Waals surface area contributed by atoms with Crippen LogP contribution in [0.25, 0.3) is 10.9 Å². The van der Waals surface area contributed by atoms with Crippen molar-refractivity contribution in [3.05, 3.63) is 35.9 Å². The molecule has 112 valence electrons. The first-order chi connectivity index (χ1) is 10.4. The van der Waals surface area contributed by atoms with Crippen LogP contribution in [0, 0.1) is 5.92 Å². The lowest BCUT2D eigenvalue weighted by Crippen LogP contribution is -2.04. The lowest BCUT2D eigenvalue weighted by atomic mass is 10.1. The molecule has 1 aliphatic carbocycles. The van der Waals surface area contributed by atoms with Gasteiger partial charge in [0.2, 0.25) is 0 Å². The predicted molar refractivity (Wildman–Crippen MR) is 94.0 cm³/mol. The zero-order valence-corrected chi connectivity index (χ0v) is 13.6. The van der Waals surface area contributed by atoms with Crippen molar-refractivity contribution in [3.63, 3.8) is 0 Å². The molecule has 1 saturated carbocycles. The number of pyridine rings is 1. The van der Waals surface area contributed by atoms with E-state index in [9.17, 15) is 0 Å². The largest absolute Gasteiger partial charge is 0.370 e. The third kappa shape index (κ3) is 3.70. The van der Waals surface area contributed by atoms with Crippen LogP contribution in [0.5, 0.6) is 0 Å². The van der Waals surface area contributed by atoms with Gasteiger partial charge in [-0.3, -0.25) is 0 Å². The molecule has 0 spiro atoms. The minimum Gasteiger partial charge on any atom is -0.370 e. The minimum absolute atomic E-state index is 0.922. The summed E-state index contributed by atoms with van der Waals surface area (Å²) >= 11 is 2.07. The van der Waals surface area contributed by atoms with Crippen molar-refractivity contribution in [2.45, 2.75) is 38.4 Å². The summed E-state index contributed by atoms with van der Waals surface area (Å²) in [6, 6.07) is 10.7. The Bertz CT molecular complexity index is 591.